The van der Waals surface area contributed by atoms with E-state index in [9.17, 15) is 4.79 Å². The lowest BCUT2D eigenvalue weighted by molar-refractivity contribution is 0.0648. The number of hydrogen-bond donors (Lipinski definition) is 0. The summed E-state index contributed by atoms with van der Waals surface area (Å²) < 4.78 is 0. The van der Waals surface area contributed by atoms with Crippen molar-refractivity contribution in [1.29, 1.82) is 0 Å². The van der Waals surface area contributed by atoms with Crippen LogP contribution < -0.4 is 0 Å². The number of rotatable bonds is 1. The number of fused-ring (bicyclic) bond motifs is 4. The van der Waals surface area contributed by atoms with Gasteiger partial charge in [0.2, 0.25) is 0 Å². The van der Waals surface area contributed by atoms with E-state index in [1.54, 1.807) is 0 Å². The summed E-state index contributed by atoms with van der Waals surface area (Å²) in [5.74, 6) is 0.939. The monoisotopic (exact) mass is 314 g/mol. The quantitative estimate of drug-likeness (QED) is 0.812. The molecule has 5 nitrogen and oxygen atoms in total. The van der Waals surface area contributed by atoms with Crippen LogP contribution in [0.2, 0.25) is 0 Å². The second-order valence-electron chi connectivity index (χ2n) is 6.13. The van der Waals surface area contributed by atoms with Crippen LogP contribution in [-0.2, 0) is 6.42 Å². The van der Waals surface area contributed by atoms with Gasteiger partial charge in [-0.1, -0.05) is 0 Å². The summed E-state index contributed by atoms with van der Waals surface area (Å²) >= 11 is 1.50. The number of nitrogens with zero attached hydrogens (tertiary/aromatic N) is 4. The Morgan fingerprint density at radius 2 is 2.09 bits per heavy atom. The molecule has 2 aromatic rings. The van der Waals surface area contributed by atoms with Crippen LogP contribution in [0.25, 0.3) is 0 Å². The lowest BCUT2D eigenvalue weighted by Gasteiger charge is -2.35. The number of thiazole rings is 1. The summed E-state index contributed by atoms with van der Waals surface area (Å²) in [5, 5.41) is 0.949. The van der Waals surface area contributed by atoms with Crippen LogP contribution >= 0.6 is 11.3 Å². The van der Waals surface area contributed by atoms with Crippen LogP contribution in [0.3, 0.4) is 0 Å². The molecule has 0 aliphatic carbocycles. The van der Waals surface area contributed by atoms with E-state index in [4.69, 9.17) is 0 Å². The van der Waals surface area contributed by atoms with Gasteiger partial charge < -0.3 is 4.90 Å². The molecule has 0 unspecified atom stereocenters. The van der Waals surface area contributed by atoms with Gasteiger partial charge in [0, 0.05) is 24.2 Å². The first-order chi connectivity index (χ1) is 10.5. The van der Waals surface area contributed by atoms with E-state index in [1.165, 1.54) is 11.3 Å². The molecule has 2 atom stereocenters. The van der Waals surface area contributed by atoms with E-state index >= 15 is 0 Å². The fraction of sp³-hybridized carbons (Fsp3) is 0.500. The molecule has 6 heteroatoms. The zero-order valence-corrected chi connectivity index (χ0v) is 13.8. The number of aromatic nitrogens is 3. The van der Waals surface area contributed by atoms with Crippen molar-refractivity contribution < 1.29 is 4.79 Å². The largest absolute Gasteiger partial charge is 0.327 e. The van der Waals surface area contributed by atoms with Gasteiger partial charge in [0.05, 0.1) is 22.4 Å². The summed E-state index contributed by atoms with van der Waals surface area (Å²) in [4.78, 5) is 29.2. The highest BCUT2D eigenvalue weighted by molar-refractivity contribution is 7.13. The molecule has 0 spiro atoms. The van der Waals surface area contributed by atoms with Crippen molar-refractivity contribution in [3.8, 4) is 0 Å². The maximum absolute atomic E-state index is 13.0. The first-order valence-electron chi connectivity index (χ1n) is 7.63. The second-order valence-corrected chi connectivity index (χ2v) is 7.33. The Labute approximate surface area is 133 Å². The summed E-state index contributed by atoms with van der Waals surface area (Å²) in [6.45, 7) is 5.79. The van der Waals surface area contributed by atoms with Gasteiger partial charge in [-0.2, -0.15) is 0 Å². The van der Waals surface area contributed by atoms with Gasteiger partial charge in [0.25, 0.3) is 5.91 Å². The molecular formula is C16H18N4OS. The Kier molecular flexibility index (Phi) is 3.04. The van der Waals surface area contributed by atoms with Crippen LogP contribution in [0.4, 0.5) is 0 Å². The Hall–Kier alpha value is -1.82. The number of hydrogen-bond acceptors (Lipinski definition) is 5. The molecule has 1 saturated heterocycles. The van der Waals surface area contributed by atoms with Crippen LogP contribution in [0.5, 0.6) is 0 Å². The molecule has 0 saturated carbocycles. The Balaban J connectivity index is 1.74. The third kappa shape index (κ3) is 1.97. The number of aryl methyl sites for hydroxylation is 3. The van der Waals surface area contributed by atoms with E-state index in [1.807, 2.05) is 27.0 Å². The lowest BCUT2D eigenvalue weighted by Crippen LogP contribution is -2.42. The molecule has 114 valence electrons. The van der Waals surface area contributed by atoms with E-state index in [2.05, 4.69) is 19.9 Å². The zero-order chi connectivity index (χ0) is 15.4. The van der Waals surface area contributed by atoms with Gasteiger partial charge in [0.15, 0.2) is 0 Å². The molecule has 1 fully saturated rings. The first kappa shape index (κ1) is 13.8. The fourth-order valence-corrected chi connectivity index (χ4v) is 4.60. The third-order valence-corrected chi connectivity index (χ3v) is 5.70. The molecule has 4 rings (SSSR count). The van der Waals surface area contributed by atoms with Crippen molar-refractivity contribution in [2.75, 3.05) is 0 Å². The standard InChI is InChI=1S/C16H18N4OS/c1-8-15(22-10(3)18-8)16(21)20-11-4-5-14(20)12-7-17-9(2)19-13(12)6-11/h7,11,14H,4-6H2,1-3H3/t11-,14-/m1/s1. The first-order valence-corrected chi connectivity index (χ1v) is 8.45. The lowest BCUT2D eigenvalue weighted by atomic mass is 9.99. The molecule has 0 radical (unpaired) electrons. The number of amides is 1. The smallest absolute Gasteiger partial charge is 0.266 e. The number of carbonyl (C=O) groups excluding carboxylic acids is 1. The van der Waals surface area contributed by atoms with Crippen molar-refractivity contribution in [1.82, 2.24) is 19.9 Å². The zero-order valence-electron chi connectivity index (χ0n) is 13.0. The molecule has 0 aromatic carbocycles. The maximum Gasteiger partial charge on any atom is 0.266 e. The third-order valence-electron chi connectivity index (χ3n) is 4.64. The average molecular weight is 314 g/mol. The molecule has 2 bridgehead atoms. The van der Waals surface area contributed by atoms with Crippen LogP contribution in [0.1, 0.15) is 56.3 Å². The van der Waals surface area contributed by atoms with Crippen molar-refractivity contribution in [3.63, 3.8) is 0 Å². The minimum Gasteiger partial charge on any atom is -0.327 e. The van der Waals surface area contributed by atoms with Gasteiger partial charge in [-0.25, -0.2) is 15.0 Å². The van der Waals surface area contributed by atoms with Gasteiger partial charge in [0.1, 0.15) is 10.7 Å². The maximum atomic E-state index is 13.0. The Bertz CT molecular complexity index is 770. The highest BCUT2D eigenvalue weighted by atomic mass is 32.1. The van der Waals surface area contributed by atoms with Crippen molar-refractivity contribution >= 4 is 17.2 Å². The Morgan fingerprint density at radius 3 is 2.82 bits per heavy atom. The Morgan fingerprint density at radius 1 is 1.27 bits per heavy atom. The SMILES string of the molecule is Cc1ncc2c(n1)C[C@H]1CC[C@H]2N1C(=O)c1sc(C)nc1C. The van der Waals surface area contributed by atoms with Gasteiger partial charge in [-0.3, -0.25) is 4.79 Å². The molecule has 4 heterocycles. The molecule has 0 N–H and O–H groups in total. The predicted octanol–water partition coefficient (Wildman–Crippen LogP) is 2.76. The molecule has 1 amide bonds. The van der Waals surface area contributed by atoms with Gasteiger partial charge >= 0.3 is 0 Å². The van der Waals surface area contributed by atoms with Crippen LogP contribution in [0, 0.1) is 20.8 Å². The topological polar surface area (TPSA) is 59.0 Å². The molecule has 2 aromatic heterocycles. The van der Waals surface area contributed by atoms with Gasteiger partial charge in [-0.15, -0.1) is 11.3 Å². The molecule has 2 aliphatic heterocycles. The second kappa shape index (κ2) is 4.84. The van der Waals surface area contributed by atoms with Gasteiger partial charge in [-0.05, 0) is 33.6 Å². The summed E-state index contributed by atoms with van der Waals surface area (Å²) in [6, 6.07) is 0.393. The van der Waals surface area contributed by atoms with Crippen LogP contribution in [0.15, 0.2) is 6.20 Å². The van der Waals surface area contributed by atoms with E-state index < -0.39 is 0 Å². The number of carbonyl (C=O) groups is 1. The van der Waals surface area contributed by atoms with E-state index in [-0.39, 0.29) is 18.0 Å². The molecular weight excluding hydrogens is 296 g/mol. The summed E-state index contributed by atoms with van der Waals surface area (Å²) in [6.07, 6.45) is 4.81. The van der Waals surface area contributed by atoms with Crippen molar-refractivity contribution in [2.45, 2.75) is 52.1 Å². The van der Waals surface area contributed by atoms with E-state index in [0.29, 0.717) is 0 Å². The van der Waals surface area contributed by atoms with E-state index in [0.717, 1.165) is 51.9 Å². The normalized spacial score (nSPS) is 22.8. The molecule has 22 heavy (non-hydrogen) atoms. The van der Waals surface area contributed by atoms with Crippen molar-refractivity contribution in [3.05, 3.63) is 38.9 Å². The van der Waals surface area contributed by atoms with Crippen LogP contribution in [-0.4, -0.2) is 31.8 Å². The highest BCUT2D eigenvalue weighted by Gasteiger charge is 2.44. The highest BCUT2D eigenvalue weighted by Crippen LogP contribution is 2.44. The fourth-order valence-electron chi connectivity index (χ4n) is 3.73. The molecule has 2 aliphatic rings. The minimum atomic E-state index is 0.127. The van der Waals surface area contributed by atoms with Crippen molar-refractivity contribution in [2.24, 2.45) is 0 Å². The predicted molar refractivity (Wildman–Crippen MR) is 84.0 cm³/mol. The minimum absolute atomic E-state index is 0.127. The average Bonchev–Trinajstić information content (AvgIpc) is 2.97. The summed E-state index contributed by atoms with van der Waals surface area (Å²) in [5.41, 5.74) is 3.10. The summed E-state index contributed by atoms with van der Waals surface area (Å²) in [7, 11) is 0.